The van der Waals surface area contributed by atoms with Crippen molar-refractivity contribution in [2.75, 3.05) is 0 Å². The van der Waals surface area contributed by atoms with Gasteiger partial charge in [-0.1, -0.05) is 19.0 Å². The van der Waals surface area contributed by atoms with Crippen LogP contribution in [0.15, 0.2) is 4.52 Å². The molecule has 112 valence electrons. The number of hydrogen-bond acceptors (Lipinski definition) is 5. The number of aryl methyl sites for hydroxylation is 1. The monoisotopic (exact) mass is 280 g/mol. The number of nitrogens with zero attached hydrogens (tertiary/aromatic N) is 2. The third-order valence-corrected chi connectivity index (χ3v) is 3.99. The summed E-state index contributed by atoms with van der Waals surface area (Å²) < 4.78 is 5.22. The fourth-order valence-corrected chi connectivity index (χ4v) is 2.56. The van der Waals surface area contributed by atoms with Gasteiger partial charge in [-0.2, -0.15) is 4.98 Å². The molecule has 2 rings (SSSR count). The lowest BCUT2D eigenvalue weighted by atomic mass is 9.85. The zero-order valence-electron chi connectivity index (χ0n) is 12.4. The molecule has 1 heterocycles. The Morgan fingerprint density at radius 1 is 1.35 bits per heavy atom. The summed E-state index contributed by atoms with van der Waals surface area (Å²) in [4.78, 5) is 16.2. The Morgan fingerprint density at radius 3 is 2.50 bits per heavy atom. The molecule has 0 aromatic carbocycles. The number of nitrogens with two attached hydrogens (primary N) is 1. The lowest BCUT2D eigenvalue weighted by Gasteiger charge is -2.28. The van der Waals surface area contributed by atoms with Crippen molar-refractivity contribution in [2.24, 2.45) is 11.7 Å². The highest BCUT2D eigenvalue weighted by atomic mass is 16.5. The first-order chi connectivity index (χ1) is 9.47. The van der Waals surface area contributed by atoms with Crippen LogP contribution >= 0.6 is 0 Å². The second kappa shape index (κ2) is 6.35. The summed E-state index contributed by atoms with van der Waals surface area (Å²) in [6, 6.07) is -0.209. The molecule has 1 aromatic rings. The van der Waals surface area contributed by atoms with E-state index in [1.165, 1.54) is 0 Å². The zero-order chi connectivity index (χ0) is 14.7. The van der Waals surface area contributed by atoms with Gasteiger partial charge >= 0.3 is 0 Å². The Labute approximate surface area is 119 Å². The van der Waals surface area contributed by atoms with E-state index in [2.05, 4.69) is 15.5 Å². The maximum Gasteiger partial charge on any atom is 0.237 e. The molecule has 1 aromatic heterocycles. The number of aromatic nitrogens is 2. The molecule has 0 bridgehead atoms. The van der Waals surface area contributed by atoms with Crippen LogP contribution in [-0.2, 0) is 4.79 Å². The number of hydrogen-bond donors (Lipinski definition) is 2. The molecule has 6 nitrogen and oxygen atoms in total. The zero-order valence-corrected chi connectivity index (χ0v) is 12.4. The van der Waals surface area contributed by atoms with Gasteiger partial charge in [-0.25, -0.2) is 0 Å². The normalized spacial score (nSPS) is 24.6. The van der Waals surface area contributed by atoms with E-state index in [-0.39, 0.29) is 17.9 Å². The molecular formula is C14H24N4O2. The highest BCUT2D eigenvalue weighted by Crippen LogP contribution is 2.31. The summed E-state index contributed by atoms with van der Waals surface area (Å²) in [5.41, 5.74) is 5.85. The first-order valence-electron chi connectivity index (χ1n) is 7.33. The smallest absolute Gasteiger partial charge is 0.237 e. The summed E-state index contributed by atoms with van der Waals surface area (Å²) in [6.07, 6.45) is 3.79. The molecule has 1 unspecified atom stereocenters. The SMILES string of the molecule is Cc1noc(C2CCC(NC(=O)C(N)C(C)C)CC2)n1. The molecule has 1 saturated carbocycles. The van der Waals surface area contributed by atoms with E-state index in [0.717, 1.165) is 31.6 Å². The van der Waals surface area contributed by atoms with Gasteiger partial charge in [0, 0.05) is 12.0 Å². The van der Waals surface area contributed by atoms with Gasteiger partial charge in [-0.15, -0.1) is 0 Å². The first-order valence-corrected chi connectivity index (χ1v) is 7.33. The topological polar surface area (TPSA) is 94.0 Å². The highest BCUT2D eigenvalue weighted by molar-refractivity contribution is 5.82. The minimum atomic E-state index is -0.425. The van der Waals surface area contributed by atoms with Crippen LogP contribution in [0, 0.1) is 12.8 Å². The number of carbonyl (C=O) groups excluding carboxylic acids is 1. The van der Waals surface area contributed by atoms with Crippen molar-refractivity contribution in [1.82, 2.24) is 15.5 Å². The van der Waals surface area contributed by atoms with Gasteiger partial charge in [0.1, 0.15) is 0 Å². The van der Waals surface area contributed by atoms with Crippen molar-refractivity contribution < 1.29 is 9.32 Å². The fraction of sp³-hybridized carbons (Fsp3) is 0.786. The minimum absolute atomic E-state index is 0.0444. The molecule has 1 amide bonds. The van der Waals surface area contributed by atoms with Crippen LogP contribution in [0.4, 0.5) is 0 Å². The number of carbonyl (C=O) groups is 1. The summed E-state index contributed by atoms with van der Waals surface area (Å²) in [6.45, 7) is 5.74. The number of nitrogens with one attached hydrogen (secondary N) is 1. The molecule has 1 atom stereocenters. The second-order valence-corrected chi connectivity index (χ2v) is 6.01. The van der Waals surface area contributed by atoms with Crippen molar-refractivity contribution in [3.05, 3.63) is 11.7 Å². The molecule has 0 saturated heterocycles. The Balaban J connectivity index is 1.81. The van der Waals surface area contributed by atoms with Gasteiger partial charge in [-0.05, 0) is 38.5 Å². The Morgan fingerprint density at radius 2 is 2.00 bits per heavy atom. The molecule has 0 spiro atoms. The quantitative estimate of drug-likeness (QED) is 0.871. The van der Waals surface area contributed by atoms with Gasteiger partial charge in [0.05, 0.1) is 6.04 Å². The first kappa shape index (κ1) is 15.0. The average Bonchev–Trinajstić information content (AvgIpc) is 2.85. The minimum Gasteiger partial charge on any atom is -0.352 e. The van der Waals surface area contributed by atoms with E-state index >= 15 is 0 Å². The van der Waals surface area contributed by atoms with Crippen LogP contribution in [0.25, 0.3) is 0 Å². The van der Waals surface area contributed by atoms with Crippen molar-refractivity contribution in [3.63, 3.8) is 0 Å². The number of amides is 1. The summed E-state index contributed by atoms with van der Waals surface area (Å²) >= 11 is 0. The van der Waals surface area contributed by atoms with Crippen molar-refractivity contribution in [3.8, 4) is 0 Å². The van der Waals surface area contributed by atoms with Crippen LogP contribution in [0.2, 0.25) is 0 Å². The van der Waals surface area contributed by atoms with Crippen LogP contribution in [0.5, 0.6) is 0 Å². The average molecular weight is 280 g/mol. The molecule has 1 aliphatic carbocycles. The van der Waals surface area contributed by atoms with E-state index in [1.807, 2.05) is 20.8 Å². The number of rotatable bonds is 4. The highest BCUT2D eigenvalue weighted by Gasteiger charge is 2.28. The van der Waals surface area contributed by atoms with Gasteiger partial charge in [0.15, 0.2) is 5.82 Å². The molecule has 20 heavy (non-hydrogen) atoms. The van der Waals surface area contributed by atoms with Crippen molar-refractivity contribution >= 4 is 5.91 Å². The van der Waals surface area contributed by atoms with E-state index in [4.69, 9.17) is 10.3 Å². The van der Waals surface area contributed by atoms with Crippen LogP contribution in [0.3, 0.4) is 0 Å². The largest absolute Gasteiger partial charge is 0.352 e. The molecule has 0 aliphatic heterocycles. The van der Waals surface area contributed by atoms with Crippen LogP contribution < -0.4 is 11.1 Å². The maximum absolute atomic E-state index is 11.9. The van der Waals surface area contributed by atoms with Crippen molar-refractivity contribution in [2.45, 2.75) is 64.5 Å². The lowest BCUT2D eigenvalue weighted by molar-refractivity contribution is -0.124. The molecule has 1 aliphatic rings. The molecule has 0 radical (unpaired) electrons. The van der Waals surface area contributed by atoms with E-state index in [0.29, 0.717) is 11.7 Å². The fourth-order valence-electron chi connectivity index (χ4n) is 2.56. The van der Waals surface area contributed by atoms with Gasteiger partial charge < -0.3 is 15.6 Å². The van der Waals surface area contributed by atoms with E-state index in [1.54, 1.807) is 0 Å². The van der Waals surface area contributed by atoms with E-state index < -0.39 is 6.04 Å². The summed E-state index contributed by atoms with van der Waals surface area (Å²) in [5, 5.41) is 6.88. The summed E-state index contributed by atoms with van der Waals surface area (Å²) in [5.74, 6) is 1.84. The summed E-state index contributed by atoms with van der Waals surface area (Å²) in [7, 11) is 0. The molecule has 1 fully saturated rings. The predicted molar refractivity (Wildman–Crippen MR) is 75.0 cm³/mol. The third-order valence-electron chi connectivity index (χ3n) is 3.99. The Bertz CT molecular complexity index is 450. The third kappa shape index (κ3) is 3.56. The maximum atomic E-state index is 11.9. The van der Waals surface area contributed by atoms with Gasteiger partial charge in [-0.3, -0.25) is 4.79 Å². The molecule has 3 N–H and O–H groups in total. The Kier molecular flexibility index (Phi) is 4.75. The second-order valence-electron chi connectivity index (χ2n) is 6.01. The van der Waals surface area contributed by atoms with Crippen molar-refractivity contribution in [1.29, 1.82) is 0 Å². The molecule has 6 heteroatoms. The lowest BCUT2D eigenvalue weighted by Crippen LogP contribution is -2.48. The van der Waals surface area contributed by atoms with Gasteiger partial charge in [0.2, 0.25) is 11.8 Å². The van der Waals surface area contributed by atoms with Crippen LogP contribution in [0.1, 0.15) is 57.2 Å². The van der Waals surface area contributed by atoms with Gasteiger partial charge in [0.25, 0.3) is 0 Å². The molecular weight excluding hydrogens is 256 g/mol. The van der Waals surface area contributed by atoms with E-state index in [9.17, 15) is 4.79 Å². The predicted octanol–water partition coefficient (Wildman–Crippen LogP) is 1.50. The standard InChI is InChI=1S/C14H24N4O2/c1-8(2)12(15)13(19)17-11-6-4-10(5-7-11)14-16-9(3)18-20-14/h8,10-12H,4-7,15H2,1-3H3,(H,17,19). The van der Waals surface area contributed by atoms with Crippen LogP contribution in [-0.4, -0.2) is 28.1 Å². The Hall–Kier alpha value is -1.43.